The normalized spacial score (nSPS) is 11.4. The van der Waals surface area contributed by atoms with Crippen LogP contribution >= 0.6 is 0 Å². The summed E-state index contributed by atoms with van der Waals surface area (Å²) in [6, 6.07) is 11.0. The lowest BCUT2D eigenvalue weighted by atomic mass is 10.0. The lowest BCUT2D eigenvalue weighted by Crippen LogP contribution is -2.34. The van der Waals surface area contributed by atoms with Crippen LogP contribution in [0.2, 0.25) is 0 Å². The third-order valence-corrected chi connectivity index (χ3v) is 7.26. The number of aromatic nitrogens is 2. The van der Waals surface area contributed by atoms with E-state index in [0.29, 0.717) is 0 Å². The second kappa shape index (κ2) is 19.7. The number of unbranched alkanes of at least 4 members (excludes halogenated alkanes) is 17. The van der Waals surface area contributed by atoms with Crippen LogP contribution in [0, 0.1) is 0 Å². The molecule has 1 aromatic heterocycles. The molecule has 0 saturated carbocycles. The van der Waals surface area contributed by atoms with Crippen LogP contribution in [0.4, 0.5) is 0 Å². The summed E-state index contributed by atoms with van der Waals surface area (Å²) < 4.78 is 4.96. The highest BCUT2D eigenvalue weighted by atomic mass is 15.1. The molecule has 0 fully saturated rings. The highest BCUT2D eigenvalue weighted by Crippen LogP contribution is 2.18. The Kier molecular flexibility index (Phi) is 16.6. The molecule has 2 aromatic rings. The van der Waals surface area contributed by atoms with Crippen LogP contribution in [0.25, 0.3) is 11.4 Å². The van der Waals surface area contributed by atoms with Crippen molar-refractivity contribution in [2.45, 2.75) is 149 Å². The molecule has 0 radical (unpaired) electrons. The van der Waals surface area contributed by atoms with Gasteiger partial charge in [-0.3, -0.25) is 0 Å². The molecule has 0 amide bonds. The first-order chi connectivity index (χ1) is 16.9. The van der Waals surface area contributed by atoms with Gasteiger partial charge in [-0.15, -0.1) is 0 Å². The fraction of sp³-hybridized carbons (Fsp3) is 0.719. The number of aryl methyl sites for hydroxylation is 2. The number of nitrogens with zero attached hydrogens (tertiary/aromatic N) is 2. The summed E-state index contributed by atoms with van der Waals surface area (Å²) in [6.07, 6.45) is 31.3. The molecule has 0 aliphatic rings. The molecule has 0 aliphatic carbocycles. The van der Waals surface area contributed by atoms with Crippen molar-refractivity contribution < 1.29 is 4.57 Å². The molecule has 2 nitrogen and oxygen atoms in total. The van der Waals surface area contributed by atoms with Crippen LogP contribution in [0.5, 0.6) is 0 Å². The van der Waals surface area contributed by atoms with Crippen LogP contribution in [0.3, 0.4) is 0 Å². The second-order valence-corrected chi connectivity index (χ2v) is 10.4. The van der Waals surface area contributed by atoms with Gasteiger partial charge >= 0.3 is 0 Å². The van der Waals surface area contributed by atoms with E-state index < -0.39 is 0 Å². The highest BCUT2D eigenvalue weighted by Gasteiger charge is 2.18. The molecule has 1 aromatic carbocycles. The van der Waals surface area contributed by atoms with Gasteiger partial charge in [0, 0.05) is 0 Å². The van der Waals surface area contributed by atoms with Crippen LogP contribution in [0.1, 0.15) is 136 Å². The Morgan fingerprint density at radius 3 is 1.56 bits per heavy atom. The van der Waals surface area contributed by atoms with E-state index in [1.165, 1.54) is 133 Å². The first-order valence-electron chi connectivity index (χ1n) is 15.0. The monoisotopic (exact) mass is 467 g/mol. The van der Waals surface area contributed by atoms with E-state index >= 15 is 0 Å². The summed E-state index contributed by atoms with van der Waals surface area (Å²) in [5.74, 6) is 1.39. The molecule has 192 valence electrons. The Morgan fingerprint density at radius 2 is 1.03 bits per heavy atom. The summed E-state index contributed by atoms with van der Waals surface area (Å²) in [5.41, 5.74) is 1.35. The zero-order valence-electron chi connectivity index (χ0n) is 22.8. The van der Waals surface area contributed by atoms with Crippen molar-refractivity contribution in [3.05, 3.63) is 42.7 Å². The second-order valence-electron chi connectivity index (χ2n) is 10.4. The molecule has 1 heterocycles. The number of rotatable bonds is 22. The maximum atomic E-state index is 2.49. The van der Waals surface area contributed by atoms with Gasteiger partial charge in [-0.1, -0.05) is 128 Å². The summed E-state index contributed by atoms with van der Waals surface area (Å²) in [5, 5.41) is 0. The average Bonchev–Trinajstić information content (AvgIpc) is 3.27. The fourth-order valence-electron chi connectivity index (χ4n) is 5.11. The molecule has 0 atom stereocenters. The Bertz CT molecular complexity index is 703. The van der Waals surface area contributed by atoms with Gasteiger partial charge in [-0.25, -0.2) is 9.13 Å². The van der Waals surface area contributed by atoms with E-state index in [9.17, 15) is 0 Å². The quantitative estimate of drug-likeness (QED) is 0.120. The van der Waals surface area contributed by atoms with E-state index in [2.05, 4.69) is 65.7 Å². The molecule has 0 N–H and O–H groups in total. The van der Waals surface area contributed by atoms with Crippen molar-refractivity contribution in [3.63, 3.8) is 0 Å². The van der Waals surface area contributed by atoms with Gasteiger partial charge in [0.1, 0.15) is 12.4 Å². The zero-order valence-corrected chi connectivity index (χ0v) is 22.8. The van der Waals surface area contributed by atoms with Gasteiger partial charge in [0.25, 0.3) is 5.82 Å². The Labute approximate surface area is 212 Å². The molecule has 0 aliphatic heterocycles. The lowest BCUT2D eigenvalue weighted by molar-refractivity contribution is -0.686. The number of hydrogen-bond acceptors (Lipinski definition) is 0. The zero-order chi connectivity index (χ0) is 24.1. The van der Waals surface area contributed by atoms with Crippen molar-refractivity contribution in [2.75, 3.05) is 0 Å². The molecule has 0 saturated heterocycles. The van der Waals surface area contributed by atoms with E-state index in [0.717, 1.165) is 13.1 Å². The molecule has 0 bridgehead atoms. The van der Waals surface area contributed by atoms with Crippen molar-refractivity contribution in [3.8, 4) is 11.4 Å². The van der Waals surface area contributed by atoms with E-state index in [1.807, 2.05) is 0 Å². The highest BCUT2D eigenvalue weighted by molar-refractivity contribution is 5.52. The van der Waals surface area contributed by atoms with E-state index in [4.69, 9.17) is 0 Å². The van der Waals surface area contributed by atoms with Gasteiger partial charge in [0.2, 0.25) is 0 Å². The van der Waals surface area contributed by atoms with Crippen LogP contribution < -0.4 is 4.57 Å². The topological polar surface area (TPSA) is 8.81 Å². The molecule has 34 heavy (non-hydrogen) atoms. The molecular weight excluding hydrogens is 412 g/mol. The van der Waals surface area contributed by atoms with Crippen molar-refractivity contribution in [2.24, 2.45) is 0 Å². The minimum absolute atomic E-state index is 1.13. The minimum atomic E-state index is 1.13. The van der Waals surface area contributed by atoms with Crippen molar-refractivity contribution >= 4 is 0 Å². The van der Waals surface area contributed by atoms with Gasteiger partial charge in [0.15, 0.2) is 0 Å². The molecule has 2 rings (SSSR count). The Hall–Kier alpha value is -1.57. The third kappa shape index (κ3) is 12.2. The summed E-state index contributed by atoms with van der Waals surface area (Å²) in [4.78, 5) is 0. The SMILES string of the molecule is CCCCCCCCCCCCCCCCCCn1cc[n+](CCCCC)c1-c1ccccc1. The Balaban J connectivity index is 1.54. The van der Waals surface area contributed by atoms with Crippen LogP contribution in [0.15, 0.2) is 42.7 Å². The lowest BCUT2D eigenvalue weighted by Gasteiger charge is -2.06. The smallest absolute Gasteiger partial charge is 0.230 e. The predicted molar refractivity (Wildman–Crippen MR) is 149 cm³/mol. The standard InChI is InChI=1S/C32H55N2/c1-3-5-7-8-9-10-11-12-13-14-15-16-17-18-19-24-28-34-30-29-33(27-23-6-4-2)32(34)31-25-21-20-22-26-31/h20-22,25-26,29-30H,3-19,23-24,27-28H2,1-2H3/q+1. The van der Waals surface area contributed by atoms with Crippen molar-refractivity contribution in [1.82, 2.24) is 4.57 Å². The van der Waals surface area contributed by atoms with E-state index in [1.54, 1.807) is 0 Å². The summed E-state index contributed by atoms with van der Waals surface area (Å²) in [7, 11) is 0. The number of imidazole rings is 1. The maximum absolute atomic E-state index is 2.49. The first-order valence-corrected chi connectivity index (χ1v) is 15.0. The van der Waals surface area contributed by atoms with Crippen molar-refractivity contribution in [1.29, 1.82) is 0 Å². The maximum Gasteiger partial charge on any atom is 0.288 e. The predicted octanol–water partition coefficient (Wildman–Crippen LogP) is 9.89. The molecular formula is C32H55N2+. The largest absolute Gasteiger partial charge is 0.288 e. The first kappa shape index (κ1) is 28.7. The van der Waals surface area contributed by atoms with Gasteiger partial charge in [0.05, 0.1) is 18.7 Å². The van der Waals surface area contributed by atoms with Crippen LogP contribution in [-0.2, 0) is 13.1 Å². The summed E-state index contributed by atoms with van der Waals surface area (Å²) >= 11 is 0. The average molecular weight is 468 g/mol. The fourth-order valence-corrected chi connectivity index (χ4v) is 5.11. The Morgan fingerprint density at radius 1 is 0.559 bits per heavy atom. The molecule has 0 unspecified atom stereocenters. The number of benzene rings is 1. The van der Waals surface area contributed by atoms with Gasteiger partial charge in [-0.2, -0.15) is 0 Å². The minimum Gasteiger partial charge on any atom is -0.230 e. The van der Waals surface area contributed by atoms with Crippen LogP contribution in [-0.4, -0.2) is 4.57 Å². The summed E-state index contributed by atoms with van der Waals surface area (Å²) in [6.45, 7) is 6.85. The molecule has 2 heteroatoms. The van der Waals surface area contributed by atoms with E-state index in [-0.39, 0.29) is 0 Å². The number of hydrogen-bond donors (Lipinski definition) is 0. The molecule has 0 spiro atoms. The van der Waals surface area contributed by atoms with Gasteiger partial charge < -0.3 is 0 Å². The third-order valence-electron chi connectivity index (χ3n) is 7.26. The van der Waals surface area contributed by atoms with Gasteiger partial charge in [-0.05, 0) is 37.8 Å².